The predicted molar refractivity (Wildman–Crippen MR) is 99.8 cm³/mol. The molecule has 1 aliphatic heterocycles. The fourth-order valence-electron chi connectivity index (χ4n) is 3.54. The minimum absolute atomic E-state index is 0.483. The number of rotatable bonds is 6. The highest BCUT2D eigenvalue weighted by Gasteiger charge is 2.23. The summed E-state index contributed by atoms with van der Waals surface area (Å²) in [4.78, 5) is 6.69. The van der Waals surface area contributed by atoms with Gasteiger partial charge in [-0.2, -0.15) is 0 Å². The van der Waals surface area contributed by atoms with Crippen LogP contribution in [-0.2, 0) is 6.54 Å². The number of likely N-dealkylation sites (tertiary alicyclic amines) is 1. The second-order valence-corrected chi connectivity index (χ2v) is 7.07. The second-order valence-electron chi connectivity index (χ2n) is 6.66. The number of hydrogen-bond donors (Lipinski definition) is 1. The Balaban J connectivity index is 1.51. The lowest BCUT2D eigenvalue weighted by Gasteiger charge is -2.33. The summed E-state index contributed by atoms with van der Waals surface area (Å²) in [5, 5.41) is 11.1. The van der Waals surface area contributed by atoms with Crippen LogP contribution >= 0.6 is 11.6 Å². The maximum atomic E-state index is 10.5. The molecule has 0 aliphatic carbocycles. The van der Waals surface area contributed by atoms with Gasteiger partial charge in [-0.25, -0.2) is 4.98 Å². The first-order valence-electron chi connectivity index (χ1n) is 8.80. The summed E-state index contributed by atoms with van der Waals surface area (Å²) >= 11 is 6.19. The quantitative estimate of drug-likeness (QED) is 0.843. The van der Waals surface area contributed by atoms with Crippen molar-refractivity contribution in [3.05, 3.63) is 58.7 Å². The van der Waals surface area contributed by atoms with E-state index in [-0.39, 0.29) is 0 Å². The predicted octanol–water partition coefficient (Wildman–Crippen LogP) is 4.08. The molecule has 0 bridgehead atoms. The molecule has 0 radical (unpaired) electrons. The number of ether oxygens (including phenoxy) is 1. The van der Waals surface area contributed by atoms with Crippen LogP contribution in [-0.4, -0.2) is 35.2 Å². The summed E-state index contributed by atoms with van der Waals surface area (Å²) in [6.07, 6.45) is 4.22. The molecule has 0 saturated carbocycles. The summed E-state index contributed by atoms with van der Waals surface area (Å²) in [6.45, 7) is 2.91. The van der Waals surface area contributed by atoms with Crippen molar-refractivity contribution in [1.29, 1.82) is 0 Å². The van der Waals surface area contributed by atoms with Gasteiger partial charge < -0.3 is 9.84 Å². The lowest BCUT2D eigenvalue weighted by Crippen LogP contribution is -2.33. The van der Waals surface area contributed by atoms with Gasteiger partial charge in [0, 0.05) is 23.3 Å². The third kappa shape index (κ3) is 4.72. The third-order valence-electron chi connectivity index (χ3n) is 4.97. The van der Waals surface area contributed by atoms with Crippen molar-refractivity contribution in [3.8, 4) is 5.88 Å². The highest BCUT2D eigenvalue weighted by atomic mass is 35.5. The normalized spacial score (nSPS) is 17.4. The van der Waals surface area contributed by atoms with E-state index in [1.807, 2.05) is 30.3 Å². The average molecular weight is 361 g/mol. The molecule has 4 nitrogen and oxygen atoms in total. The highest BCUT2D eigenvalue weighted by molar-refractivity contribution is 6.31. The number of aliphatic hydroxyl groups excluding tert-OH is 1. The Bertz CT molecular complexity index is 687. The van der Waals surface area contributed by atoms with Crippen LogP contribution in [0, 0.1) is 5.92 Å². The molecule has 25 heavy (non-hydrogen) atoms. The molecule has 1 saturated heterocycles. The molecule has 1 N–H and O–H groups in total. The van der Waals surface area contributed by atoms with Gasteiger partial charge in [-0.15, -0.1) is 0 Å². The first-order chi connectivity index (χ1) is 12.2. The molecule has 1 aromatic heterocycles. The van der Waals surface area contributed by atoms with Crippen molar-refractivity contribution in [1.82, 2.24) is 9.88 Å². The van der Waals surface area contributed by atoms with Crippen molar-refractivity contribution in [2.24, 2.45) is 5.92 Å². The topological polar surface area (TPSA) is 45.6 Å². The molecular formula is C20H25ClN2O2. The van der Waals surface area contributed by atoms with Crippen molar-refractivity contribution < 1.29 is 9.84 Å². The SMILES string of the molecule is COc1ncccc1CN1CCC(CC(O)c2ccccc2Cl)CC1. The third-order valence-corrected chi connectivity index (χ3v) is 5.31. The van der Waals surface area contributed by atoms with E-state index in [2.05, 4.69) is 16.0 Å². The van der Waals surface area contributed by atoms with Crippen molar-refractivity contribution in [2.45, 2.75) is 31.9 Å². The number of aliphatic hydroxyl groups is 1. The summed E-state index contributed by atoms with van der Waals surface area (Å²) in [5.74, 6) is 1.23. The van der Waals surface area contributed by atoms with Gasteiger partial charge in [-0.1, -0.05) is 35.9 Å². The molecule has 0 amide bonds. The van der Waals surface area contributed by atoms with Crippen LogP contribution < -0.4 is 4.74 Å². The zero-order chi connectivity index (χ0) is 17.6. The smallest absolute Gasteiger partial charge is 0.217 e. The van der Waals surface area contributed by atoms with E-state index in [4.69, 9.17) is 16.3 Å². The number of halogens is 1. The largest absolute Gasteiger partial charge is 0.481 e. The van der Waals surface area contributed by atoms with Crippen LogP contribution in [0.1, 0.15) is 36.5 Å². The zero-order valence-corrected chi connectivity index (χ0v) is 15.3. The minimum atomic E-state index is -0.483. The van der Waals surface area contributed by atoms with Crippen LogP contribution in [0.2, 0.25) is 5.02 Å². The Hall–Kier alpha value is -1.62. The monoisotopic (exact) mass is 360 g/mol. The van der Waals surface area contributed by atoms with Crippen molar-refractivity contribution in [2.75, 3.05) is 20.2 Å². The summed E-state index contributed by atoms with van der Waals surface area (Å²) in [6, 6.07) is 11.6. The molecule has 0 spiro atoms. The van der Waals surface area contributed by atoms with E-state index >= 15 is 0 Å². The lowest BCUT2D eigenvalue weighted by atomic mass is 9.89. The fraction of sp³-hybridized carbons (Fsp3) is 0.450. The molecule has 1 aromatic carbocycles. The van der Waals surface area contributed by atoms with E-state index in [0.717, 1.165) is 50.0 Å². The second kappa shape index (κ2) is 8.65. The van der Waals surface area contributed by atoms with Gasteiger partial charge in [0.05, 0.1) is 13.2 Å². The van der Waals surface area contributed by atoms with Gasteiger partial charge in [-0.05, 0) is 56.0 Å². The molecule has 1 fully saturated rings. The molecule has 1 atom stereocenters. The number of methoxy groups -OCH3 is 1. The zero-order valence-electron chi connectivity index (χ0n) is 14.6. The van der Waals surface area contributed by atoms with Crippen LogP contribution in [0.15, 0.2) is 42.6 Å². The summed E-state index contributed by atoms with van der Waals surface area (Å²) < 4.78 is 5.34. The van der Waals surface area contributed by atoms with E-state index in [0.29, 0.717) is 16.8 Å². The van der Waals surface area contributed by atoms with E-state index in [1.165, 1.54) is 0 Å². The van der Waals surface area contributed by atoms with Gasteiger partial charge in [0.25, 0.3) is 0 Å². The number of aromatic nitrogens is 1. The number of benzene rings is 1. The molecule has 3 rings (SSSR count). The van der Waals surface area contributed by atoms with Crippen molar-refractivity contribution in [3.63, 3.8) is 0 Å². The highest BCUT2D eigenvalue weighted by Crippen LogP contribution is 2.32. The molecule has 2 heterocycles. The number of hydrogen-bond acceptors (Lipinski definition) is 4. The first-order valence-corrected chi connectivity index (χ1v) is 9.18. The van der Waals surface area contributed by atoms with Gasteiger partial charge in [0.15, 0.2) is 0 Å². The molecule has 1 unspecified atom stereocenters. The van der Waals surface area contributed by atoms with Gasteiger partial charge in [0.1, 0.15) is 0 Å². The first kappa shape index (κ1) is 18.2. The van der Waals surface area contributed by atoms with Crippen molar-refractivity contribution >= 4 is 11.6 Å². The van der Waals surface area contributed by atoms with E-state index in [9.17, 15) is 5.11 Å². The van der Waals surface area contributed by atoms with Gasteiger partial charge in [0.2, 0.25) is 5.88 Å². The van der Waals surface area contributed by atoms with Crippen LogP contribution in [0.3, 0.4) is 0 Å². The Morgan fingerprint density at radius 1 is 1.24 bits per heavy atom. The maximum Gasteiger partial charge on any atom is 0.217 e. The van der Waals surface area contributed by atoms with Gasteiger partial charge in [-0.3, -0.25) is 4.90 Å². The number of piperidine rings is 1. The molecule has 5 heteroatoms. The molecule has 134 valence electrons. The molecule has 1 aliphatic rings. The molecule has 2 aromatic rings. The Kier molecular flexibility index (Phi) is 6.29. The average Bonchev–Trinajstić information content (AvgIpc) is 2.64. The van der Waals surface area contributed by atoms with Crippen LogP contribution in [0.25, 0.3) is 0 Å². The van der Waals surface area contributed by atoms with E-state index < -0.39 is 6.10 Å². The van der Waals surface area contributed by atoms with E-state index in [1.54, 1.807) is 13.3 Å². The summed E-state index contributed by atoms with van der Waals surface area (Å²) in [5.41, 5.74) is 1.96. The minimum Gasteiger partial charge on any atom is -0.481 e. The summed E-state index contributed by atoms with van der Waals surface area (Å²) in [7, 11) is 1.66. The number of pyridine rings is 1. The Morgan fingerprint density at radius 3 is 2.72 bits per heavy atom. The molecular weight excluding hydrogens is 336 g/mol. The number of nitrogens with zero attached hydrogens (tertiary/aromatic N) is 2. The fourth-order valence-corrected chi connectivity index (χ4v) is 3.80. The standard InChI is InChI=1S/C20H25ClN2O2/c1-25-20-16(5-4-10-22-20)14-23-11-8-15(9-12-23)13-19(24)17-6-2-3-7-18(17)21/h2-7,10,15,19,24H,8-9,11-14H2,1H3. The lowest BCUT2D eigenvalue weighted by molar-refractivity contribution is 0.105. The van der Waals surface area contributed by atoms with Crippen LogP contribution in [0.4, 0.5) is 0 Å². The Morgan fingerprint density at radius 2 is 2.00 bits per heavy atom. The van der Waals surface area contributed by atoms with Gasteiger partial charge >= 0.3 is 0 Å². The maximum absolute atomic E-state index is 10.5. The Labute approximate surface area is 154 Å². The van der Waals surface area contributed by atoms with Crippen LogP contribution in [0.5, 0.6) is 5.88 Å².